The summed E-state index contributed by atoms with van der Waals surface area (Å²) in [6.07, 6.45) is -4.40. The number of carbonyl (C=O) groups excluding carboxylic acids is 3. The fourth-order valence-electron chi connectivity index (χ4n) is 2.49. The Morgan fingerprint density at radius 3 is 2.24 bits per heavy atom. The minimum absolute atomic E-state index is 0.0224. The molecule has 0 radical (unpaired) electrons. The highest BCUT2D eigenvalue weighted by Gasteiger charge is 2.44. The molecule has 9 heteroatoms. The van der Waals surface area contributed by atoms with Crippen LogP contribution in [0.25, 0.3) is 0 Å². The minimum atomic E-state index is -4.79. The molecule has 142 valence electrons. The van der Waals surface area contributed by atoms with E-state index in [0.717, 1.165) is 0 Å². The molecule has 0 aromatic heterocycles. The number of Topliss-reactive ketones (excluding diaryl/α,β-unsaturated/α-hetero) is 1. The number of halogens is 3. The van der Waals surface area contributed by atoms with Crippen molar-refractivity contribution in [2.75, 3.05) is 19.8 Å². The summed E-state index contributed by atoms with van der Waals surface area (Å²) in [5, 5.41) is 2.39. The molecule has 0 aliphatic heterocycles. The maximum Gasteiger partial charge on any atom is 0.450 e. The first kappa shape index (κ1) is 21.0. The quantitative estimate of drug-likeness (QED) is 0.426. The molecule has 1 saturated carbocycles. The van der Waals surface area contributed by atoms with E-state index in [1.54, 1.807) is 0 Å². The topological polar surface area (TPSA) is 81.7 Å². The third-order valence-electron chi connectivity index (χ3n) is 3.90. The molecule has 0 heterocycles. The Labute approximate surface area is 143 Å². The van der Waals surface area contributed by atoms with Gasteiger partial charge in [-0.05, 0) is 38.5 Å². The second-order valence-corrected chi connectivity index (χ2v) is 6.02. The molecule has 25 heavy (non-hydrogen) atoms. The molecule has 0 bridgehead atoms. The van der Waals surface area contributed by atoms with Crippen molar-refractivity contribution in [2.45, 2.75) is 38.8 Å². The third kappa shape index (κ3) is 7.57. The molecule has 0 spiro atoms. The molecule has 1 fully saturated rings. The van der Waals surface area contributed by atoms with Gasteiger partial charge in [0, 0.05) is 11.5 Å². The highest BCUT2D eigenvalue weighted by molar-refractivity contribution is 5.87. The molecule has 1 aliphatic rings. The zero-order chi connectivity index (χ0) is 19.0. The first-order valence-corrected chi connectivity index (χ1v) is 7.95. The van der Waals surface area contributed by atoms with E-state index in [-0.39, 0.29) is 44.1 Å². The summed E-state index contributed by atoms with van der Waals surface area (Å²) in [4.78, 5) is 33.7. The summed E-state index contributed by atoms with van der Waals surface area (Å²) in [5.41, 5.74) is 0.252. The van der Waals surface area contributed by atoms with E-state index < -0.39 is 29.9 Å². The first-order chi connectivity index (χ1) is 11.6. The van der Waals surface area contributed by atoms with Crippen LogP contribution in [0.15, 0.2) is 12.2 Å². The average molecular weight is 365 g/mol. The largest absolute Gasteiger partial charge is 0.460 e. The van der Waals surface area contributed by atoms with Crippen LogP contribution in [0.4, 0.5) is 18.0 Å². The number of esters is 1. The van der Waals surface area contributed by atoms with Crippen LogP contribution in [-0.4, -0.2) is 43.8 Å². The van der Waals surface area contributed by atoms with Crippen LogP contribution < -0.4 is 5.32 Å². The number of nitrogens with one attached hydrogen (secondary N) is 1. The summed E-state index contributed by atoms with van der Waals surface area (Å²) in [6.45, 7) is 5.04. The van der Waals surface area contributed by atoms with Crippen LogP contribution in [0.3, 0.4) is 0 Å². The molecule has 0 saturated heterocycles. The standard InChI is InChI=1S/C16H22F3NO5/c1-10(2)14(22)24-8-7-20-15(23)25-9-11-3-5-12(6-4-11)13(21)16(17,18)19/h11-12H,1,3-9H2,2H3,(H,20,23). The van der Waals surface area contributed by atoms with Gasteiger partial charge < -0.3 is 14.8 Å². The molecule has 0 atom stereocenters. The monoisotopic (exact) mass is 365 g/mol. The lowest BCUT2D eigenvalue weighted by molar-refractivity contribution is -0.176. The van der Waals surface area contributed by atoms with Gasteiger partial charge in [-0.25, -0.2) is 9.59 Å². The summed E-state index contributed by atoms with van der Waals surface area (Å²) in [6, 6.07) is 0. The van der Waals surface area contributed by atoms with Gasteiger partial charge >= 0.3 is 18.2 Å². The third-order valence-corrected chi connectivity index (χ3v) is 3.90. The van der Waals surface area contributed by atoms with Crippen LogP contribution in [0.5, 0.6) is 0 Å². The molecule has 0 aromatic rings. The van der Waals surface area contributed by atoms with Crippen molar-refractivity contribution in [2.24, 2.45) is 11.8 Å². The first-order valence-electron chi connectivity index (χ1n) is 7.95. The van der Waals surface area contributed by atoms with E-state index in [9.17, 15) is 27.6 Å². The second-order valence-electron chi connectivity index (χ2n) is 6.02. The van der Waals surface area contributed by atoms with E-state index in [1.165, 1.54) is 6.92 Å². The number of rotatable bonds is 7. The van der Waals surface area contributed by atoms with Crippen LogP contribution in [0.2, 0.25) is 0 Å². The zero-order valence-corrected chi connectivity index (χ0v) is 14.0. The van der Waals surface area contributed by atoms with Gasteiger partial charge in [0.15, 0.2) is 0 Å². The number of alkyl carbamates (subject to hydrolysis) is 1. The number of ether oxygens (including phenoxy) is 2. The zero-order valence-electron chi connectivity index (χ0n) is 14.0. The summed E-state index contributed by atoms with van der Waals surface area (Å²) in [7, 11) is 0. The number of hydrogen-bond donors (Lipinski definition) is 1. The molecule has 1 N–H and O–H groups in total. The van der Waals surface area contributed by atoms with Crippen LogP contribution in [-0.2, 0) is 19.1 Å². The SMILES string of the molecule is C=C(C)C(=O)OCCNC(=O)OCC1CCC(C(=O)C(F)(F)F)CC1. The highest BCUT2D eigenvalue weighted by Crippen LogP contribution is 2.34. The Balaban J connectivity index is 2.16. The predicted octanol–water partition coefficient (Wildman–Crippen LogP) is 2.77. The van der Waals surface area contributed by atoms with Crippen molar-refractivity contribution < 1.29 is 37.0 Å². The van der Waals surface area contributed by atoms with E-state index in [0.29, 0.717) is 12.8 Å². The van der Waals surface area contributed by atoms with Gasteiger partial charge in [-0.2, -0.15) is 13.2 Å². The smallest absolute Gasteiger partial charge is 0.450 e. The Morgan fingerprint density at radius 1 is 1.12 bits per heavy atom. The molecule has 0 unspecified atom stereocenters. The van der Waals surface area contributed by atoms with Gasteiger partial charge in [0.2, 0.25) is 5.78 Å². The van der Waals surface area contributed by atoms with E-state index >= 15 is 0 Å². The molecular weight excluding hydrogens is 343 g/mol. The minimum Gasteiger partial charge on any atom is -0.460 e. The Kier molecular flexibility index (Phi) is 7.92. The lowest BCUT2D eigenvalue weighted by atomic mass is 9.80. The summed E-state index contributed by atoms with van der Waals surface area (Å²) in [5.74, 6) is -3.29. The Bertz CT molecular complexity index is 510. The fraction of sp³-hybridized carbons (Fsp3) is 0.688. The van der Waals surface area contributed by atoms with Crippen molar-refractivity contribution in [3.05, 3.63) is 12.2 Å². The Hall–Kier alpha value is -2.06. The van der Waals surface area contributed by atoms with Crippen LogP contribution in [0, 0.1) is 11.8 Å². The average Bonchev–Trinajstić information content (AvgIpc) is 2.55. The van der Waals surface area contributed by atoms with Crippen molar-refractivity contribution in [3.8, 4) is 0 Å². The molecule has 0 aromatic carbocycles. The van der Waals surface area contributed by atoms with E-state index in [2.05, 4.69) is 11.9 Å². The molecular formula is C16H22F3NO5. The van der Waals surface area contributed by atoms with Crippen LogP contribution >= 0.6 is 0 Å². The molecule has 6 nitrogen and oxygen atoms in total. The van der Waals surface area contributed by atoms with Gasteiger partial charge in [-0.1, -0.05) is 6.58 Å². The summed E-state index contributed by atoms with van der Waals surface area (Å²) >= 11 is 0. The van der Waals surface area contributed by atoms with Crippen molar-refractivity contribution in [1.29, 1.82) is 0 Å². The number of alkyl halides is 3. The van der Waals surface area contributed by atoms with Crippen LogP contribution in [0.1, 0.15) is 32.6 Å². The van der Waals surface area contributed by atoms with Gasteiger partial charge in [0.05, 0.1) is 13.2 Å². The molecule has 1 aliphatic carbocycles. The van der Waals surface area contributed by atoms with Gasteiger partial charge in [0.1, 0.15) is 6.61 Å². The maximum absolute atomic E-state index is 12.4. The van der Waals surface area contributed by atoms with E-state index in [4.69, 9.17) is 9.47 Å². The number of carbonyl (C=O) groups is 3. The second kappa shape index (κ2) is 9.43. The predicted molar refractivity (Wildman–Crippen MR) is 81.6 cm³/mol. The van der Waals surface area contributed by atoms with Gasteiger partial charge in [0.25, 0.3) is 0 Å². The number of ketones is 1. The van der Waals surface area contributed by atoms with E-state index in [1.807, 2.05) is 0 Å². The highest BCUT2D eigenvalue weighted by atomic mass is 19.4. The molecule has 1 rings (SSSR count). The van der Waals surface area contributed by atoms with Gasteiger partial charge in [-0.15, -0.1) is 0 Å². The normalized spacial score (nSPS) is 20.5. The molecule has 1 amide bonds. The van der Waals surface area contributed by atoms with Gasteiger partial charge in [-0.3, -0.25) is 4.79 Å². The summed E-state index contributed by atoms with van der Waals surface area (Å²) < 4.78 is 46.9. The fourth-order valence-corrected chi connectivity index (χ4v) is 2.49. The maximum atomic E-state index is 12.4. The van der Waals surface area contributed by atoms with Crippen molar-refractivity contribution >= 4 is 17.8 Å². The lowest BCUT2D eigenvalue weighted by Gasteiger charge is -2.27. The Morgan fingerprint density at radius 2 is 1.72 bits per heavy atom. The lowest BCUT2D eigenvalue weighted by Crippen LogP contribution is -2.34. The number of hydrogen-bond acceptors (Lipinski definition) is 5. The number of amides is 1. The van der Waals surface area contributed by atoms with Crippen molar-refractivity contribution in [3.63, 3.8) is 0 Å². The van der Waals surface area contributed by atoms with Crippen molar-refractivity contribution in [1.82, 2.24) is 5.32 Å².